The van der Waals surface area contributed by atoms with Crippen LogP contribution in [-0.4, -0.2) is 162 Å². The molecule has 0 unspecified atom stereocenters. The van der Waals surface area contributed by atoms with Gasteiger partial charge in [-0.25, -0.2) is 21.6 Å². The van der Waals surface area contributed by atoms with E-state index < -0.39 is 99.8 Å². The van der Waals surface area contributed by atoms with Crippen molar-refractivity contribution in [1.82, 2.24) is 49.6 Å². The number of amides is 4. The third kappa shape index (κ3) is 18.0. The molecule has 2 fully saturated rings. The second-order valence-electron chi connectivity index (χ2n) is 20.9. The van der Waals surface area contributed by atoms with Crippen molar-refractivity contribution in [2.45, 2.75) is 86.6 Å². The number of carboxylic acid groups (broad SMARTS) is 2. The molecule has 2 saturated heterocycles. The molecule has 0 saturated carbocycles. The third-order valence-corrected chi connectivity index (χ3v) is 17.4. The maximum absolute atomic E-state index is 15.8. The molecule has 2 aliphatic heterocycles. The second-order valence-corrected chi connectivity index (χ2v) is 24.3. The van der Waals surface area contributed by atoms with Gasteiger partial charge in [0.15, 0.2) is 11.9 Å². The van der Waals surface area contributed by atoms with Crippen LogP contribution in [0.1, 0.15) is 56.8 Å². The van der Waals surface area contributed by atoms with Crippen molar-refractivity contribution >= 4 is 89.1 Å². The highest BCUT2D eigenvalue weighted by Crippen LogP contribution is 2.25. The number of fused-ring (bicyclic) bond motifs is 2. The molecule has 28 heteroatoms. The number of likely N-dealkylation sites (tertiary alicyclic amines) is 2. The largest absolute Gasteiger partial charge is 0.481 e. The minimum Gasteiger partial charge on any atom is -0.481 e. The highest BCUT2D eigenvalue weighted by atomic mass is 32.2. The van der Waals surface area contributed by atoms with E-state index in [1.807, 2.05) is 0 Å². The molecule has 8 rings (SSSR count). The number of piperidine rings is 2. The first kappa shape index (κ1) is 64.4. The fourth-order valence-corrected chi connectivity index (χ4v) is 12.7. The molecule has 0 radical (unpaired) electrons. The fourth-order valence-electron chi connectivity index (χ4n) is 10.2. The van der Waals surface area contributed by atoms with Crippen molar-refractivity contribution in [3.8, 4) is 0 Å². The molecular formula is C58H70N14O12S2. The maximum Gasteiger partial charge on any atom is 0.347 e. The molecule has 26 nitrogen and oxygen atoms in total. The van der Waals surface area contributed by atoms with Crippen LogP contribution in [0.3, 0.4) is 0 Å². The van der Waals surface area contributed by atoms with Crippen LogP contribution in [0.5, 0.6) is 0 Å². The lowest BCUT2D eigenvalue weighted by molar-refractivity contribution is -0.167. The Morgan fingerprint density at radius 1 is 0.593 bits per heavy atom. The SMILES string of the molecule is CC(=O)O.N=C(N)N1CCC[C@@H](CNC(=O)C[C@H](NS(=O)(=O)c2ccc3ccccc3c2)C(=O)N(Cc2ccccn2)C(C(=O)O)N(Cc2ccccn2)C(=O)[C@H](CC(=O)NC[C@@H]2CCCN(C(=N)N)C2)NS(=O)(=O)c2ccc3ccccc3c2)C1. The van der Waals surface area contributed by atoms with Gasteiger partial charge in [-0.1, -0.05) is 72.8 Å². The van der Waals surface area contributed by atoms with Gasteiger partial charge in [0.2, 0.25) is 49.8 Å². The van der Waals surface area contributed by atoms with Crippen LogP contribution in [0.2, 0.25) is 0 Å². The van der Waals surface area contributed by atoms with E-state index in [2.05, 4.69) is 30.0 Å². The number of benzene rings is 4. The molecule has 4 atom stereocenters. The van der Waals surface area contributed by atoms with Crippen LogP contribution in [0.25, 0.3) is 21.5 Å². The van der Waals surface area contributed by atoms with E-state index in [1.54, 1.807) is 94.7 Å². The minimum absolute atomic E-state index is 0.0459. The standard InChI is InChI=1S/C56H66N14O10S2.C2H4O2/c57-55(58)67-25-9-11-37(33-67)31-63-49(71)29-47(65-81(77,78)45-21-19-39-13-1-3-15-41(39)27-45)52(73)69(35-43-17-5-7-23-61-43)51(54(75)76)70(36-44-18-6-8-24-62-44)53(74)48(30-50(72)64-32-38-12-10-26-68(34-38)56(59)60)66-82(79,80)46-22-20-40-14-2-4-16-42(40)28-46;1-2(3)4/h1-8,13-24,27-28,37-38,47-48,51,65-66H,9-12,25-26,29-36H2,(H3,57,58)(H3,59,60)(H,63,71)(H,64,72)(H,75,76);1H3,(H,3,4)/t37-,38-,47-,48-;/m0./s1. The predicted molar refractivity (Wildman–Crippen MR) is 318 cm³/mol. The summed E-state index contributed by atoms with van der Waals surface area (Å²) in [6.07, 6.45) is 1.10. The molecule has 0 aliphatic carbocycles. The van der Waals surface area contributed by atoms with Gasteiger partial charge in [-0.2, -0.15) is 9.44 Å². The Labute approximate surface area is 497 Å². The topological polar surface area (TPSA) is 398 Å². The molecule has 86 heavy (non-hydrogen) atoms. The van der Waals surface area contributed by atoms with Crippen molar-refractivity contribution in [3.63, 3.8) is 0 Å². The maximum atomic E-state index is 15.8. The zero-order valence-corrected chi connectivity index (χ0v) is 48.8. The lowest BCUT2D eigenvalue weighted by atomic mass is 9.98. The van der Waals surface area contributed by atoms with Crippen LogP contribution in [0.15, 0.2) is 144 Å². The van der Waals surface area contributed by atoms with Crippen molar-refractivity contribution < 1.29 is 55.8 Å². The van der Waals surface area contributed by atoms with Gasteiger partial charge in [0.25, 0.3) is 5.97 Å². The Hall–Kier alpha value is -9.12. The lowest BCUT2D eigenvalue weighted by Crippen LogP contribution is -2.63. The first-order chi connectivity index (χ1) is 41.0. The van der Waals surface area contributed by atoms with E-state index >= 15 is 9.59 Å². The lowest BCUT2D eigenvalue weighted by Gasteiger charge is -2.39. The van der Waals surface area contributed by atoms with E-state index in [0.29, 0.717) is 83.2 Å². The average molecular weight is 1220 g/mol. The molecule has 0 spiro atoms. The summed E-state index contributed by atoms with van der Waals surface area (Å²) < 4.78 is 63.1. The number of guanidine groups is 2. The van der Waals surface area contributed by atoms with Gasteiger partial charge in [0.05, 0.1) is 47.1 Å². The van der Waals surface area contributed by atoms with Crippen LogP contribution >= 0.6 is 0 Å². The minimum atomic E-state index is -4.76. The molecule has 0 bridgehead atoms. The number of nitrogens with zero attached hydrogens (tertiary/aromatic N) is 6. The first-order valence-corrected chi connectivity index (χ1v) is 30.5. The van der Waals surface area contributed by atoms with Crippen LogP contribution in [0, 0.1) is 22.7 Å². The summed E-state index contributed by atoms with van der Waals surface area (Å²) >= 11 is 0. The van der Waals surface area contributed by atoms with Gasteiger partial charge in [0.1, 0.15) is 12.1 Å². The Kier molecular flexibility index (Phi) is 22.2. The van der Waals surface area contributed by atoms with Gasteiger partial charge >= 0.3 is 5.97 Å². The predicted octanol–water partition coefficient (Wildman–Crippen LogP) is 2.56. The van der Waals surface area contributed by atoms with E-state index in [0.717, 1.165) is 6.92 Å². The quantitative estimate of drug-likeness (QED) is 0.0250. The fraction of sp³-hybridized carbons (Fsp3) is 0.345. The molecule has 4 amide bonds. The average Bonchev–Trinajstić information content (AvgIpc) is 1.36. The molecule has 4 aromatic carbocycles. The number of rotatable bonds is 23. The van der Waals surface area contributed by atoms with Crippen molar-refractivity contribution in [2.24, 2.45) is 23.3 Å². The number of hydrogen-bond acceptors (Lipinski definition) is 14. The van der Waals surface area contributed by atoms with Gasteiger partial charge in [-0.05, 0) is 108 Å². The summed E-state index contributed by atoms with van der Waals surface area (Å²) in [5.41, 5.74) is 11.7. The summed E-state index contributed by atoms with van der Waals surface area (Å²) in [6, 6.07) is 27.2. The summed E-state index contributed by atoms with van der Waals surface area (Å²) in [5, 5.41) is 42.9. The summed E-state index contributed by atoms with van der Waals surface area (Å²) in [6.45, 7) is 1.47. The smallest absolute Gasteiger partial charge is 0.347 e. The number of carbonyl (C=O) groups excluding carboxylic acids is 4. The molecule has 6 aromatic rings. The number of carbonyl (C=O) groups is 6. The monoisotopic (exact) mass is 1220 g/mol. The summed E-state index contributed by atoms with van der Waals surface area (Å²) in [7, 11) is -9.51. The highest BCUT2D eigenvalue weighted by molar-refractivity contribution is 7.89. The number of nitrogens with two attached hydrogens (primary N) is 2. The third-order valence-electron chi connectivity index (χ3n) is 14.4. The summed E-state index contributed by atoms with van der Waals surface area (Å²) in [4.78, 5) is 95.9. The number of nitrogens with one attached hydrogen (secondary N) is 6. The molecule has 2 aliphatic rings. The summed E-state index contributed by atoms with van der Waals surface area (Å²) in [5.74, 6) is -7.62. The number of sulfonamides is 2. The molecule has 4 heterocycles. The molecule has 2 aromatic heterocycles. The number of aromatic nitrogens is 2. The first-order valence-electron chi connectivity index (χ1n) is 27.5. The van der Waals surface area contributed by atoms with Gasteiger partial charge < -0.3 is 51.9 Å². The van der Waals surface area contributed by atoms with Crippen LogP contribution < -0.4 is 31.5 Å². The van der Waals surface area contributed by atoms with Gasteiger partial charge in [-0.3, -0.25) is 44.8 Å². The zero-order chi connectivity index (χ0) is 62.1. The zero-order valence-electron chi connectivity index (χ0n) is 47.1. The highest BCUT2D eigenvalue weighted by Gasteiger charge is 2.45. The van der Waals surface area contributed by atoms with E-state index in [9.17, 15) is 36.3 Å². The molecule has 456 valence electrons. The number of aliphatic carboxylic acids is 2. The number of pyridine rings is 2. The van der Waals surface area contributed by atoms with Gasteiger partial charge in [-0.15, -0.1) is 0 Å². The van der Waals surface area contributed by atoms with E-state index in [4.69, 9.17) is 32.2 Å². The Balaban J connectivity index is 0.00000256. The number of carboxylic acids is 2. The van der Waals surface area contributed by atoms with Crippen molar-refractivity contribution in [3.05, 3.63) is 145 Å². The number of hydrogen-bond donors (Lipinski definition) is 10. The van der Waals surface area contributed by atoms with Crippen molar-refractivity contribution in [2.75, 3.05) is 39.3 Å². The Bertz CT molecular complexity index is 3430. The van der Waals surface area contributed by atoms with Crippen LogP contribution in [-0.2, 0) is 61.9 Å². The van der Waals surface area contributed by atoms with Gasteiger partial charge in [0, 0.05) is 58.6 Å². The van der Waals surface area contributed by atoms with E-state index in [1.165, 1.54) is 48.8 Å². The second kappa shape index (κ2) is 29.6. The normalized spacial score (nSPS) is 16.3. The Morgan fingerprint density at radius 3 is 1.31 bits per heavy atom. The van der Waals surface area contributed by atoms with Crippen molar-refractivity contribution in [1.29, 1.82) is 10.8 Å². The van der Waals surface area contributed by atoms with E-state index in [-0.39, 0.29) is 58.0 Å². The molecular weight excluding hydrogens is 1150 g/mol. The molecule has 12 N–H and O–H groups in total. The van der Waals surface area contributed by atoms with Crippen LogP contribution in [0.4, 0.5) is 0 Å². The Morgan fingerprint density at radius 2 is 0.965 bits per heavy atom.